The first kappa shape index (κ1) is 21.1. The van der Waals surface area contributed by atoms with Crippen molar-refractivity contribution in [3.63, 3.8) is 0 Å². The Morgan fingerprint density at radius 3 is 2.57 bits per heavy atom. The van der Waals surface area contributed by atoms with E-state index in [2.05, 4.69) is 10.6 Å². The highest BCUT2D eigenvalue weighted by Crippen LogP contribution is 2.28. The Morgan fingerprint density at radius 1 is 1.14 bits per heavy atom. The highest BCUT2D eigenvalue weighted by atomic mass is 35.5. The van der Waals surface area contributed by atoms with Gasteiger partial charge in [0.2, 0.25) is 11.8 Å². The largest absolute Gasteiger partial charge is 0.493 e. The molecule has 7 nitrogen and oxygen atoms in total. The third-order valence-electron chi connectivity index (χ3n) is 3.66. The van der Waals surface area contributed by atoms with Crippen LogP contribution in [0.3, 0.4) is 0 Å². The molecule has 0 unspecified atom stereocenters. The summed E-state index contributed by atoms with van der Waals surface area (Å²) in [4.78, 5) is 23.1. The molecule has 0 heterocycles. The minimum absolute atomic E-state index is 0.202. The molecular formula is C20H20ClN3O4. The molecule has 0 saturated heterocycles. The number of carbonyl (C=O) groups is 2. The fourth-order valence-corrected chi connectivity index (χ4v) is 2.61. The van der Waals surface area contributed by atoms with Gasteiger partial charge in [-0.25, -0.2) is 0 Å². The molecule has 0 spiro atoms. The lowest BCUT2D eigenvalue weighted by molar-refractivity contribution is -0.116. The van der Waals surface area contributed by atoms with Crippen LogP contribution in [0, 0.1) is 11.3 Å². The summed E-state index contributed by atoms with van der Waals surface area (Å²) in [7, 11) is 1.50. The number of ether oxygens (including phenoxy) is 2. The van der Waals surface area contributed by atoms with Gasteiger partial charge in [0.15, 0.2) is 11.5 Å². The molecule has 0 aliphatic heterocycles. The van der Waals surface area contributed by atoms with Crippen molar-refractivity contribution in [1.29, 1.82) is 5.26 Å². The summed E-state index contributed by atoms with van der Waals surface area (Å²) in [5, 5.41) is 14.6. The van der Waals surface area contributed by atoms with E-state index in [1.165, 1.54) is 14.0 Å². The molecular weight excluding hydrogens is 382 g/mol. The van der Waals surface area contributed by atoms with Gasteiger partial charge >= 0.3 is 0 Å². The molecule has 2 N–H and O–H groups in total. The number of hydrogen-bond donors (Lipinski definition) is 2. The van der Waals surface area contributed by atoms with E-state index in [-0.39, 0.29) is 18.2 Å². The van der Waals surface area contributed by atoms with Gasteiger partial charge in [-0.2, -0.15) is 5.26 Å². The number of rotatable bonds is 8. The first-order chi connectivity index (χ1) is 13.4. The molecule has 0 bridgehead atoms. The second-order valence-electron chi connectivity index (χ2n) is 5.85. The number of carbonyl (C=O) groups excluding carboxylic acids is 2. The first-order valence-electron chi connectivity index (χ1n) is 8.51. The molecule has 146 valence electrons. The molecule has 8 heteroatoms. The third kappa shape index (κ3) is 6.18. The van der Waals surface area contributed by atoms with E-state index >= 15 is 0 Å². The molecule has 2 amide bonds. The van der Waals surface area contributed by atoms with Gasteiger partial charge in [0.25, 0.3) is 0 Å². The molecule has 0 fully saturated rings. The van der Waals surface area contributed by atoms with E-state index in [1.54, 1.807) is 36.4 Å². The van der Waals surface area contributed by atoms with Gasteiger partial charge in [-0.15, -0.1) is 0 Å². The van der Waals surface area contributed by atoms with Gasteiger partial charge in [0.05, 0.1) is 36.1 Å². The van der Waals surface area contributed by atoms with Crippen molar-refractivity contribution in [3.8, 4) is 17.6 Å². The molecule has 0 aromatic heterocycles. The van der Waals surface area contributed by atoms with Crippen molar-refractivity contribution in [2.24, 2.45) is 0 Å². The predicted molar refractivity (Wildman–Crippen MR) is 107 cm³/mol. The standard InChI is InChI=1S/C20H20ClN3O4/c1-13(25)23-15-6-7-17(16(21)11-15)24-20(26)4-3-9-28-18-8-5-14(12-22)10-19(18)27-2/h5-8,10-11H,3-4,9H2,1-2H3,(H,23,25)(H,24,26). The summed E-state index contributed by atoms with van der Waals surface area (Å²) in [5.41, 5.74) is 1.50. The number of benzene rings is 2. The lowest BCUT2D eigenvalue weighted by Gasteiger charge is -2.11. The number of halogens is 1. The SMILES string of the molecule is COc1cc(C#N)ccc1OCCCC(=O)Nc1ccc(NC(C)=O)cc1Cl. The summed E-state index contributed by atoms with van der Waals surface area (Å²) in [6.45, 7) is 1.71. The average Bonchev–Trinajstić information content (AvgIpc) is 2.67. The molecule has 2 aromatic rings. The smallest absolute Gasteiger partial charge is 0.224 e. The van der Waals surface area contributed by atoms with Crippen LogP contribution in [0.15, 0.2) is 36.4 Å². The third-order valence-corrected chi connectivity index (χ3v) is 3.97. The van der Waals surface area contributed by atoms with Crippen molar-refractivity contribution >= 4 is 34.8 Å². The van der Waals surface area contributed by atoms with E-state index in [0.717, 1.165) is 0 Å². The summed E-state index contributed by atoms with van der Waals surface area (Å²) in [6, 6.07) is 11.8. The van der Waals surface area contributed by atoms with Gasteiger partial charge in [0, 0.05) is 25.1 Å². The monoisotopic (exact) mass is 401 g/mol. The van der Waals surface area contributed by atoms with Gasteiger partial charge in [-0.05, 0) is 36.8 Å². The van der Waals surface area contributed by atoms with Gasteiger partial charge in [-0.1, -0.05) is 11.6 Å². The number of nitriles is 1. The van der Waals surface area contributed by atoms with Crippen molar-refractivity contribution in [2.75, 3.05) is 24.4 Å². The molecule has 28 heavy (non-hydrogen) atoms. The molecule has 0 saturated carbocycles. The first-order valence-corrected chi connectivity index (χ1v) is 8.88. The van der Waals surface area contributed by atoms with Gasteiger partial charge in [-0.3, -0.25) is 9.59 Å². The summed E-state index contributed by atoms with van der Waals surface area (Å²) in [5.74, 6) is 0.573. The van der Waals surface area contributed by atoms with Crippen LogP contribution in [-0.2, 0) is 9.59 Å². The van der Waals surface area contributed by atoms with Crippen LogP contribution in [0.2, 0.25) is 5.02 Å². The second kappa shape index (κ2) is 10.2. The molecule has 2 rings (SSSR count). The minimum atomic E-state index is -0.204. The van der Waals surface area contributed by atoms with Crippen LogP contribution in [0.25, 0.3) is 0 Å². The zero-order valence-electron chi connectivity index (χ0n) is 15.5. The average molecular weight is 402 g/mol. The zero-order chi connectivity index (χ0) is 20.5. The van der Waals surface area contributed by atoms with Crippen molar-refractivity contribution in [2.45, 2.75) is 19.8 Å². The number of nitrogens with zero attached hydrogens (tertiary/aromatic N) is 1. The number of methoxy groups -OCH3 is 1. The van der Waals surface area contributed by atoms with Crippen LogP contribution in [0.1, 0.15) is 25.3 Å². The van der Waals surface area contributed by atoms with Crippen molar-refractivity contribution in [3.05, 3.63) is 47.0 Å². The van der Waals surface area contributed by atoms with Crippen LogP contribution in [-0.4, -0.2) is 25.5 Å². The Balaban J connectivity index is 1.82. The number of anilines is 2. The normalized spacial score (nSPS) is 9.93. The molecule has 2 aromatic carbocycles. The Morgan fingerprint density at radius 2 is 1.93 bits per heavy atom. The maximum Gasteiger partial charge on any atom is 0.224 e. The summed E-state index contributed by atoms with van der Waals surface area (Å²) in [6.07, 6.45) is 0.721. The van der Waals surface area contributed by atoms with Crippen LogP contribution in [0.5, 0.6) is 11.5 Å². The van der Waals surface area contributed by atoms with Gasteiger partial charge < -0.3 is 20.1 Å². The van der Waals surface area contributed by atoms with Crippen molar-refractivity contribution < 1.29 is 19.1 Å². The molecule has 0 aliphatic carbocycles. The zero-order valence-corrected chi connectivity index (χ0v) is 16.3. The Labute approximate surface area is 168 Å². The van der Waals surface area contributed by atoms with E-state index in [4.69, 9.17) is 26.3 Å². The van der Waals surface area contributed by atoms with Crippen LogP contribution < -0.4 is 20.1 Å². The summed E-state index contributed by atoms with van der Waals surface area (Å²) < 4.78 is 10.8. The van der Waals surface area contributed by atoms with E-state index in [0.29, 0.717) is 46.5 Å². The lowest BCUT2D eigenvalue weighted by Crippen LogP contribution is -2.13. The molecule has 0 radical (unpaired) electrons. The number of hydrogen-bond acceptors (Lipinski definition) is 5. The van der Waals surface area contributed by atoms with E-state index in [9.17, 15) is 9.59 Å². The highest BCUT2D eigenvalue weighted by molar-refractivity contribution is 6.34. The number of nitrogens with one attached hydrogen (secondary N) is 2. The second-order valence-corrected chi connectivity index (χ2v) is 6.26. The quantitative estimate of drug-likeness (QED) is 0.651. The fourth-order valence-electron chi connectivity index (χ4n) is 2.38. The van der Waals surface area contributed by atoms with E-state index in [1.807, 2.05) is 6.07 Å². The lowest BCUT2D eigenvalue weighted by atomic mass is 10.2. The predicted octanol–water partition coefficient (Wildman–Crippen LogP) is 3.98. The topological polar surface area (TPSA) is 100 Å². The van der Waals surface area contributed by atoms with Crippen LogP contribution >= 0.6 is 11.6 Å². The molecule has 0 atom stereocenters. The fraction of sp³-hybridized carbons (Fsp3) is 0.250. The molecule has 0 aliphatic rings. The van der Waals surface area contributed by atoms with Crippen molar-refractivity contribution in [1.82, 2.24) is 0 Å². The van der Waals surface area contributed by atoms with Crippen LogP contribution in [0.4, 0.5) is 11.4 Å². The Bertz CT molecular complexity index is 909. The van der Waals surface area contributed by atoms with Gasteiger partial charge in [0.1, 0.15) is 0 Å². The Hall–Kier alpha value is -3.24. The highest BCUT2D eigenvalue weighted by Gasteiger charge is 2.09. The summed E-state index contributed by atoms with van der Waals surface area (Å²) >= 11 is 6.13. The van der Waals surface area contributed by atoms with E-state index < -0.39 is 0 Å². The maximum atomic E-state index is 12.1. The number of amides is 2. The minimum Gasteiger partial charge on any atom is -0.493 e. The maximum absolute atomic E-state index is 12.1. The Kier molecular flexibility index (Phi) is 7.66.